The molecule has 7 heteroatoms. The zero-order valence-electron chi connectivity index (χ0n) is 15.6. The minimum absolute atomic E-state index is 0.0832. The van der Waals surface area contributed by atoms with E-state index in [4.69, 9.17) is 9.84 Å². The van der Waals surface area contributed by atoms with Gasteiger partial charge in [0.2, 0.25) is 0 Å². The van der Waals surface area contributed by atoms with Crippen molar-refractivity contribution in [3.8, 4) is 0 Å². The number of halogens is 2. The average Bonchev–Trinajstić information content (AvgIpc) is 2.69. The smallest absolute Gasteiger partial charge is 0.410 e. The van der Waals surface area contributed by atoms with Crippen LogP contribution in [0.4, 0.5) is 9.18 Å². The molecule has 5 nitrogen and oxygen atoms in total. The highest BCUT2D eigenvalue weighted by Gasteiger charge is 2.31. The number of nitrogens with zero attached hydrogens (tertiary/aromatic N) is 1. The first-order valence-electron chi connectivity index (χ1n) is 8.96. The van der Waals surface area contributed by atoms with Crippen molar-refractivity contribution in [2.45, 2.75) is 31.9 Å². The van der Waals surface area contributed by atoms with Gasteiger partial charge in [-0.25, -0.2) is 9.18 Å². The van der Waals surface area contributed by atoms with Crippen LogP contribution in [0.15, 0.2) is 59.1 Å². The van der Waals surface area contributed by atoms with E-state index in [1.54, 1.807) is 23.1 Å². The van der Waals surface area contributed by atoms with E-state index >= 15 is 0 Å². The summed E-state index contributed by atoms with van der Waals surface area (Å²) in [5.41, 5.74) is 1.03. The molecule has 0 bridgehead atoms. The van der Waals surface area contributed by atoms with E-state index in [9.17, 15) is 14.0 Å². The Hall–Kier alpha value is -2.25. The van der Waals surface area contributed by atoms with Crippen LogP contribution in [-0.2, 0) is 9.53 Å². The van der Waals surface area contributed by atoms with Crippen LogP contribution in [0.3, 0.4) is 0 Å². The lowest BCUT2D eigenvalue weighted by molar-refractivity contribution is -0.124. The van der Waals surface area contributed by atoms with E-state index in [-0.39, 0.29) is 24.1 Å². The number of hydrogen-bond acceptors (Lipinski definition) is 4. The van der Waals surface area contributed by atoms with Crippen LogP contribution in [0.5, 0.6) is 0 Å². The number of cyclic esters (lactones) is 1. The molecule has 2 aromatic rings. The summed E-state index contributed by atoms with van der Waals surface area (Å²) >= 11 is 3.38. The lowest BCUT2D eigenvalue weighted by Crippen LogP contribution is -2.44. The fraction of sp³-hybridized carbons (Fsp3) is 0.333. The first-order valence-corrected chi connectivity index (χ1v) is 9.75. The molecular weight excluding hydrogens is 429 g/mol. The van der Waals surface area contributed by atoms with Crippen LogP contribution in [0, 0.1) is 5.82 Å². The van der Waals surface area contributed by atoms with E-state index in [1.165, 1.54) is 12.1 Å². The predicted molar refractivity (Wildman–Crippen MR) is 107 cm³/mol. The fourth-order valence-electron chi connectivity index (χ4n) is 2.79. The van der Waals surface area contributed by atoms with Gasteiger partial charge in [0.15, 0.2) is 5.78 Å². The number of rotatable bonds is 5. The molecule has 1 fully saturated rings. The van der Waals surface area contributed by atoms with Crippen LogP contribution in [0.2, 0.25) is 0 Å². The second kappa shape index (κ2) is 10.9. The number of ether oxygens (including phenoxy) is 1. The summed E-state index contributed by atoms with van der Waals surface area (Å²) in [5.74, 6) is -0.482. The van der Waals surface area contributed by atoms with Gasteiger partial charge >= 0.3 is 6.09 Å². The Morgan fingerprint density at radius 2 is 1.89 bits per heavy atom. The van der Waals surface area contributed by atoms with Gasteiger partial charge < -0.3 is 14.7 Å². The summed E-state index contributed by atoms with van der Waals surface area (Å²) in [5, 5.41) is 8.74. The number of benzene rings is 2. The fourth-order valence-corrected chi connectivity index (χ4v) is 3.06. The van der Waals surface area contributed by atoms with Crippen LogP contribution < -0.4 is 0 Å². The van der Waals surface area contributed by atoms with Crippen LogP contribution in [0.1, 0.15) is 31.4 Å². The summed E-state index contributed by atoms with van der Waals surface area (Å²) < 4.78 is 18.2. The first-order chi connectivity index (χ1) is 13.4. The van der Waals surface area contributed by atoms with Crippen molar-refractivity contribution in [2.24, 2.45) is 0 Å². The maximum absolute atomic E-state index is 12.1. The van der Waals surface area contributed by atoms with E-state index in [2.05, 4.69) is 15.9 Å². The number of ketones is 1. The van der Waals surface area contributed by atoms with E-state index in [1.807, 2.05) is 31.2 Å². The topological polar surface area (TPSA) is 66.8 Å². The van der Waals surface area contributed by atoms with Gasteiger partial charge in [-0.1, -0.05) is 46.3 Å². The third-order valence-electron chi connectivity index (χ3n) is 4.38. The lowest BCUT2D eigenvalue weighted by atomic mass is 10.0. The Labute approximate surface area is 172 Å². The Morgan fingerprint density at radius 3 is 2.39 bits per heavy atom. The molecule has 2 atom stereocenters. The minimum atomic E-state index is -0.507. The normalized spacial score (nSPS) is 17.2. The number of aliphatic hydroxyl groups is 1. The predicted octanol–water partition coefficient (Wildman–Crippen LogP) is 4.50. The molecule has 2 aromatic carbocycles. The molecule has 150 valence electrons. The van der Waals surface area contributed by atoms with Crippen molar-refractivity contribution in [2.75, 3.05) is 13.2 Å². The molecule has 0 radical (unpaired) electrons. The van der Waals surface area contributed by atoms with Gasteiger partial charge in [-0.2, -0.15) is 0 Å². The standard InChI is InChI=1S/C15H18BrNO4.C6H5F/c1-10(11-2-4-12(16)5-3-11)17-7-6-14(21-15(17)20)8-13(19)9-18;7-6-4-2-1-3-5-6/h2-5,10,14,18H,6-9H2,1H3;1-5H. The first kappa shape index (κ1) is 22.0. The van der Waals surface area contributed by atoms with Crippen molar-refractivity contribution in [1.29, 1.82) is 0 Å². The van der Waals surface area contributed by atoms with Gasteiger partial charge in [0.25, 0.3) is 0 Å². The van der Waals surface area contributed by atoms with Crippen molar-refractivity contribution in [1.82, 2.24) is 4.90 Å². The van der Waals surface area contributed by atoms with E-state index < -0.39 is 18.8 Å². The highest BCUT2D eigenvalue weighted by atomic mass is 79.9. The molecule has 1 aliphatic heterocycles. The summed E-state index contributed by atoms with van der Waals surface area (Å²) in [6.07, 6.45) is -0.154. The third kappa shape index (κ3) is 6.73. The maximum Gasteiger partial charge on any atom is 0.410 e. The van der Waals surface area contributed by atoms with Gasteiger partial charge in [-0.05, 0) is 36.8 Å². The van der Waals surface area contributed by atoms with Crippen molar-refractivity contribution >= 4 is 27.8 Å². The average molecular weight is 452 g/mol. The third-order valence-corrected chi connectivity index (χ3v) is 4.91. The number of amides is 1. The minimum Gasteiger partial charge on any atom is -0.446 e. The molecule has 1 amide bonds. The van der Waals surface area contributed by atoms with Gasteiger partial charge in [-0.3, -0.25) is 4.79 Å². The number of carbonyl (C=O) groups is 2. The largest absolute Gasteiger partial charge is 0.446 e. The number of Topliss-reactive ketones (excluding diaryl/α,β-unsaturated/α-hetero) is 1. The van der Waals surface area contributed by atoms with Crippen LogP contribution in [-0.4, -0.2) is 41.1 Å². The molecule has 1 heterocycles. The molecule has 28 heavy (non-hydrogen) atoms. The van der Waals surface area contributed by atoms with Crippen molar-refractivity contribution in [3.63, 3.8) is 0 Å². The maximum atomic E-state index is 12.1. The van der Waals surface area contributed by atoms with Gasteiger partial charge in [0.1, 0.15) is 18.5 Å². The van der Waals surface area contributed by atoms with Crippen LogP contribution >= 0.6 is 15.9 Å². The molecule has 0 saturated carbocycles. The molecule has 0 aliphatic carbocycles. The molecule has 1 N–H and O–H groups in total. The molecule has 3 rings (SSSR count). The van der Waals surface area contributed by atoms with Crippen molar-refractivity contribution < 1.29 is 23.8 Å². The number of carbonyl (C=O) groups excluding carboxylic acids is 2. The summed E-state index contributed by atoms with van der Waals surface area (Å²) in [6, 6.07) is 15.6. The van der Waals surface area contributed by atoms with E-state index in [0.717, 1.165) is 10.0 Å². The quantitative estimate of drug-likeness (QED) is 0.726. The molecule has 2 unspecified atom stereocenters. The Bertz CT molecular complexity index is 770. The van der Waals surface area contributed by atoms with Crippen LogP contribution in [0.25, 0.3) is 0 Å². The zero-order chi connectivity index (χ0) is 20.5. The Morgan fingerprint density at radius 1 is 1.25 bits per heavy atom. The zero-order valence-corrected chi connectivity index (χ0v) is 17.1. The second-order valence-electron chi connectivity index (χ2n) is 6.41. The van der Waals surface area contributed by atoms with E-state index in [0.29, 0.717) is 13.0 Å². The monoisotopic (exact) mass is 451 g/mol. The summed E-state index contributed by atoms with van der Waals surface area (Å²) in [4.78, 5) is 24.9. The van der Waals surface area contributed by atoms with Gasteiger partial charge in [-0.15, -0.1) is 0 Å². The van der Waals surface area contributed by atoms with Crippen molar-refractivity contribution in [3.05, 3.63) is 70.5 Å². The molecule has 0 spiro atoms. The SMILES string of the molecule is CC(c1ccc(Br)cc1)N1CCC(CC(=O)CO)OC1=O.Fc1ccccc1. The molecular formula is C21H23BrFNO4. The molecule has 1 saturated heterocycles. The number of aliphatic hydroxyl groups excluding tert-OH is 1. The number of hydrogen-bond donors (Lipinski definition) is 1. The Balaban J connectivity index is 0.000000336. The molecule has 1 aliphatic rings. The van der Waals surface area contributed by atoms with Gasteiger partial charge in [0, 0.05) is 23.9 Å². The summed E-state index contributed by atoms with van der Waals surface area (Å²) in [7, 11) is 0. The molecule has 0 aromatic heterocycles. The highest BCUT2D eigenvalue weighted by Crippen LogP contribution is 2.27. The van der Waals surface area contributed by atoms with Gasteiger partial charge in [0.05, 0.1) is 6.04 Å². The second-order valence-corrected chi connectivity index (χ2v) is 7.33. The summed E-state index contributed by atoms with van der Waals surface area (Å²) in [6.45, 7) is 1.98. The lowest BCUT2D eigenvalue weighted by Gasteiger charge is -2.35. The highest BCUT2D eigenvalue weighted by molar-refractivity contribution is 9.10. The Kier molecular flexibility index (Phi) is 8.60.